The molecule has 0 saturated heterocycles. The first-order valence-electron chi connectivity index (χ1n) is 23.1. The third kappa shape index (κ3) is 5.53. The Labute approximate surface area is 386 Å². The highest BCUT2D eigenvalue weighted by atomic mass is 15.1. The van der Waals surface area contributed by atoms with Gasteiger partial charge in [0.15, 0.2) is 0 Å². The molecule has 0 fully saturated rings. The maximum atomic E-state index is 2.51. The van der Waals surface area contributed by atoms with E-state index >= 15 is 0 Å². The molecule has 0 aliphatic heterocycles. The molecule has 0 heterocycles. The van der Waals surface area contributed by atoms with Gasteiger partial charge in [0.25, 0.3) is 0 Å². The Morgan fingerprint density at radius 2 is 0.864 bits per heavy atom. The topological polar surface area (TPSA) is 3.24 Å². The molecule has 11 aromatic rings. The van der Waals surface area contributed by atoms with Crippen LogP contribution >= 0.6 is 0 Å². The van der Waals surface area contributed by atoms with Gasteiger partial charge in [-0.05, 0) is 132 Å². The molecule has 2 aliphatic carbocycles. The van der Waals surface area contributed by atoms with Crippen LogP contribution < -0.4 is 4.90 Å². The van der Waals surface area contributed by atoms with Gasteiger partial charge < -0.3 is 4.90 Å². The second-order valence-electron chi connectivity index (χ2n) is 18.1. The Morgan fingerprint density at radius 1 is 0.318 bits per heavy atom. The van der Waals surface area contributed by atoms with Crippen LogP contribution in [0.4, 0.5) is 17.1 Å². The summed E-state index contributed by atoms with van der Waals surface area (Å²) in [5.41, 5.74) is 19.1. The van der Waals surface area contributed by atoms with E-state index in [1.54, 1.807) is 0 Å². The lowest BCUT2D eigenvalue weighted by molar-refractivity contribution is 0.714. The minimum Gasteiger partial charge on any atom is -0.310 e. The Hall–Kier alpha value is -8.26. The summed E-state index contributed by atoms with van der Waals surface area (Å²) in [6.45, 7) is 2.40. The fourth-order valence-corrected chi connectivity index (χ4v) is 11.8. The van der Waals surface area contributed by atoms with Crippen molar-refractivity contribution in [2.75, 3.05) is 4.90 Å². The summed E-state index contributed by atoms with van der Waals surface area (Å²) in [7, 11) is 0. The van der Waals surface area contributed by atoms with E-state index in [9.17, 15) is 0 Å². The first-order valence-corrected chi connectivity index (χ1v) is 23.1. The number of hydrogen-bond donors (Lipinski definition) is 0. The summed E-state index contributed by atoms with van der Waals surface area (Å²) in [6, 6.07) is 94.7. The summed E-state index contributed by atoms with van der Waals surface area (Å²) in [5, 5.41) is 5.08. The molecule has 2 aliphatic rings. The summed E-state index contributed by atoms with van der Waals surface area (Å²) < 4.78 is 0. The molecular weight excluding hydrogens is 795 g/mol. The molecule has 1 nitrogen and oxygen atoms in total. The molecule has 1 atom stereocenters. The number of nitrogens with zero attached hydrogens (tertiary/aromatic N) is 1. The van der Waals surface area contributed by atoms with Crippen molar-refractivity contribution in [3.05, 3.63) is 294 Å². The van der Waals surface area contributed by atoms with Crippen molar-refractivity contribution in [2.24, 2.45) is 0 Å². The monoisotopic (exact) mass is 839 g/mol. The minimum atomic E-state index is -0.476. The molecule has 1 unspecified atom stereocenters. The molecule has 310 valence electrons. The average molecular weight is 840 g/mol. The fourth-order valence-electron chi connectivity index (χ4n) is 11.8. The van der Waals surface area contributed by atoms with Crippen LogP contribution in [0.15, 0.2) is 255 Å². The van der Waals surface area contributed by atoms with Crippen LogP contribution in [0.5, 0.6) is 0 Å². The van der Waals surface area contributed by atoms with Gasteiger partial charge in [0.1, 0.15) is 0 Å². The molecule has 0 bridgehead atoms. The van der Waals surface area contributed by atoms with E-state index in [-0.39, 0.29) is 5.41 Å². The smallest absolute Gasteiger partial charge is 0.0713 e. The van der Waals surface area contributed by atoms with Crippen molar-refractivity contribution in [3.63, 3.8) is 0 Å². The largest absolute Gasteiger partial charge is 0.310 e. The number of hydrogen-bond acceptors (Lipinski definition) is 1. The van der Waals surface area contributed by atoms with Crippen molar-refractivity contribution >= 4 is 38.6 Å². The molecule has 11 aromatic carbocycles. The first kappa shape index (κ1) is 38.2. The van der Waals surface area contributed by atoms with E-state index in [1.807, 2.05) is 0 Å². The van der Waals surface area contributed by atoms with Gasteiger partial charge in [0.05, 0.1) is 11.1 Å². The van der Waals surface area contributed by atoms with Crippen LogP contribution in [-0.4, -0.2) is 0 Å². The summed E-state index contributed by atoms with van der Waals surface area (Å²) in [6.07, 6.45) is 0. The molecule has 13 rings (SSSR count). The van der Waals surface area contributed by atoms with Gasteiger partial charge in [-0.3, -0.25) is 0 Å². The average Bonchev–Trinajstić information content (AvgIpc) is 3.84. The first-order chi connectivity index (χ1) is 32.6. The van der Waals surface area contributed by atoms with Crippen molar-refractivity contribution in [2.45, 2.75) is 17.8 Å². The van der Waals surface area contributed by atoms with E-state index in [0.717, 1.165) is 17.1 Å². The number of benzene rings is 11. The molecule has 0 N–H and O–H groups in total. The molecule has 0 spiro atoms. The number of fused-ring (bicyclic) bond motifs is 9. The van der Waals surface area contributed by atoms with Gasteiger partial charge in [-0.15, -0.1) is 0 Å². The zero-order chi connectivity index (χ0) is 43.8. The van der Waals surface area contributed by atoms with Crippen molar-refractivity contribution in [1.29, 1.82) is 0 Å². The van der Waals surface area contributed by atoms with Gasteiger partial charge >= 0.3 is 0 Å². The number of rotatable bonds is 7. The summed E-state index contributed by atoms with van der Waals surface area (Å²) >= 11 is 0. The van der Waals surface area contributed by atoms with Crippen molar-refractivity contribution in [1.82, 2.24) is 0 Å². The Balaban J connectivity index is 1.03. The normalized spacial score (nSPS) is 15.2. The zero-order valence-electron chi connectivity index (χ0n) is 36.7. The Bertz CT molecular complexity index is 3610. The Morgan fingerprint density at radius 3 is 1.61 bits per heavy atom. The highest BCUT2D eigenvalue weighted by molar-refractivity contribution is 6.08. The van der Waals surface area contributed by atoms with Crippen molar-refractivity contribution in [3.8, 4) is 33.4 Å². The molecule has 0 radical (unpaired) electrons. The minimum absolute atomic E-state index is 0.331. The van der Waals surface area contributed by atoms with E-state index in [1.165, 1.54) is 93.9 Å². The third-order valence-electron chi connectivity index (χ3n) is 14.8. The molecular formula is C65H45N. The summed E-state index contributed by atoms with van der Waals surface area (Å²) in [4.78, 5) is 2.51. The van der Waals surface area contributed by atoms with Crippen LogP contribution in [0, 0.1) is 0 Å². The lowest BCUT2D eigenvalue weighted by Crippen LogP contribution is -2.28. The van der Waals surface area contributed by atoms with Gasteiger partial charge in [0, 0.05) is 22.4 Å². The van der Waals surface area contributed by atoms with Crippen LogP contribution in [-0.2, 0) is 10.8 Å². The van der Waals surface area contributed by atoms with E-state index in [0.29, 0.717) is 0 Å². The van der Waals surface area contributed by atoms with Gasteiger partial charge in [0.2, 0.25) is 0 Å². The highest BCUT2D eigenvalue weighted by Crippen LogP contribution is 2.59. The van der Waals surface area contributed by atoms with Crippen LogP contribution in [0.25, 0.3) is 54.9 Å². The second kappa shape index (κ2) is 14.9. The maximum absolute atomic E-state index is 2.51. The lowest BCUT2D eigenvalue weighted by atomic mass is 9.68. The maximum Gasteiger partial charge on any atom is 0.0713 e. The standard InChI is InChI=1S/C65H45N/c1-64(48-19-5-2-6-20-48)58-28-15-14-27-56(58)63-61(64)30-17-31-62(63)66(51-37-34-44(35-38-51)46-36-40-54-47(42-46)33-32-45-18-11-12-25-53(45)54)52-39-41-60-57(43-52)55-26-13-16-29-59(55)65(60,49-21-7-3-8-22-49)50-23-9-4-10-24-50/h2-43H,1H3. The van der Waals surface area contributed by atoms with Crippen molar-refractivity contribution < 1.29 is 0 Å². The van der Waals surface area contributed by atoms with Crippen LogP contribution in [0.2, 0.25) is 0 Å². The lowest BCUT2D eigenvalue weighted by Gasteiger charge is -2.34. The number of anilines is 3. The fraction of sp³-hybridized carbons (Fsp3) is 0.0462. The van der Waals surface area contributed by atoms with Gasteiger partial charge in [-0.1, -0.05) is 218 Å². The SMILES string of the molecule is CC1(c2ccccc2)c2ccccc2-c2c(N(c3ccc(-c4ccc5c(ccc6ccccc65)c4)cc3)c3ccc4c(c3)-c3ccccc3C4(c3ccccc3)c3ccccc3)cccc21. The predicted molar refractivity (Wildman–Crippen MR) is 276 cm³/mol. The van der Waals surface area contributed by atoms with E-state index in [2.05, 4.69) is 267 Å². The molecule has 1 heteroatoms. The quantitative estimate of drug-likeness (QED) is 0.145. The van der Waals surface area contributed by atoms with E-state index in [4.69, 9.17) is 0 Å². The van der Waals surface area contributed by atoms with Gasteiger partial charge in [-0.2, -0.15) is 0 Å². The highest BCUT2D eigenvalue weighted by Gasteiger charge is 2.47. The Kier molecular flexibility index (Phi) is 8.63. The zero-order valence-corrected chi connectivity index (χ0v) is 36.7. The predicted octanol–water partition coefficient (Wildman–Crippen LogP) is 16.8. The van der Waals surface area contributed by atoms with Gasteiger partial charge in [-0.25, -0.2) is 0 Å². The summed E-state index contributed by atoms with van der Waals surface area (Å²) in [5.74, 6) is 0. The molecule has 0 amide bonds. The van der Waals surface area contributed by atoms with Crippen LogP contribution in [0.3, 0.4) is 0 Å². The van der Waals surface area contributed by atoms with E-state index < -0.39 is 5.41 Å². The molecule has 66 heavy (non-hydrogen) atoms. The second-order valence-corrected chi connectivity index (χ2v) is 18.1. The van der Waals surface area contributed by atoms with Crippen LogP contribution in [0.1, 0.15) is 45.9 Å². The third-order valence-corrected chi connectivity index (χ3v) is 14.8. The molecule has 0 aromatic heterocycles. The molecule has 0 saturated carbocycles.